The minimum Gasteiger partial charge on any atom is -0.462 e. The highest BCUT2D eigenvalue weighted by Gasteiger charge is 2.30. The molecule has 0 amide bonds. The summed E-state index contributed by atoms with van der Waals surface area (Å²) in [4.78, 5) is 72.5. The largest absolute Gasteiger partial charge is 0.472 e. The van der Waals surface area contributed by atoms with Gasteiger partial charge in [0.1, 0.15) is 19.3 Å². The van der Waals surface area contributed by atoms with Gasteiger partial charge in [-0.15, -0.1) is 0 Å². The number of aliphatic hydroxyl groups excluding tert-OH is 1. The predicted molar refractivity (Wildman–Crippen MR) is 358 cm³/mol. The van der Waals surface area contributed by atoms with Crippen LogP contribution in [0.4, 0.5) is 0 Å². The van der Waals surface area contributed by atoms with E-state index in [4.69, 9.17) is 37.0 Å². The Morgan fingerprint density at radius 2 is 0.539 bits per heavy atom. The maximum Gasteiger partial charge on any atom is 0.472 e. The van der Waals surface area contributed by atoms with Crippen LogP contribution in [0.25, 0.3) is 0 Å². The Morgan fingerprint density at radius 1 is 0.315 bits per heavy atom. The van der Waals surface area contributed by atoms with Crippen molar-refractivity contribution in [2.75, 3.05) is 39.6 Å². The van der Waals surface area contributed by atoms with Gasteiger partial charge in [-0.25, -0.2) is 9.13 Å². The van der Waals surface area contributed by atoms with E-state index in [1.165, 1.54) is 167 Å². The van der Waals surface area contributed by atoms with Crippen LogP contribution in [0.5, 0.6) is 0 Å². The molecule has 17 nitrogen and oxygen atoms in total. The first-order valence-electron chi connectivity index (χ1n) is 36.6. The number of phosphoric ester groups is 2. The van der Waals surface area contributed by atoms with Crippen LogP contribution in [-0.4, -0.2) is 96.7 Å². The maximum absolute atomic E-state index is 13.0. The third-order valence-corrected chi connectivity index (χ3v) is 18.8. The van der Waals surface area contributed by atoms with Gasteiger partial charge < -0.3 is 33.8 Å². The number of carbonyl (C=O) groups excluding carboxylic acids is 4. The Labute approximate surface area is 543 Å². The molecule has 0 aliphatic heterocycles. The lowest BCUT2D eigenvalue weighted by Crippen LogP contribution is -2.30. The van der Waals surface area contributed by atoms with E-state index < -0.39 is 97.5 Å². The summed E-state index contributed by atoms with van der Waals surface area (Å²) in [5.41, 5.74) is 0. The molecule has 0 aromatic carbocycles. The van der Waals surface area contributed by atoms with Crippen LogP contribution in [-0.2, 0) is 65.4 Å². The van der Waals surface area contributed by atoms with Crippen LogP contribution in [0.2, 0.25) is 0 Å². The summed E-state index contributed by atoms with van der Waals surface area (Å²) in [7, 11) is -9.90. The lowest BCUT2D eigenvalue weighted by Gasteiger charge is -2.21. The molecule has 89 heavy (non-hydrogen) atoms. The molecule has 0 heterocycles. The number of hydrogen-bond donors (Lipinski definition) is 3. The van der Waals surface area contributed by atoms with Gasteiger partial charge in [-0.2, -0.15) is 0 Å². The topological polar surface area (TPSA) is 237 Å². The van der Waals surface area contributed by atoms with Crippen molar-refractivity contribution in [2.24, 2.45) is 11.8 Å². The van der Waals surface area contributed by atoms with E-state index in [0.29, 0.717) is 25.7 Å². The van der Waals surface area contributed by atoms with Crippen molar-refractivity contribution in [3.05, 3.63) is 0 Å². The molecular formula is C70H136O17P2. The molecule has 4 unspecified atom stereocenters. The van der Waals surface area contributed by atoms with E-state index in [1.807, 2.05) is 0 Å². The molecule has 0 aromatic heterocycles. The average molecular weight is 1310 g/mol. The van der Waals surface area contributed by atoms with Gasteiger partial charge in [0, 0.05) is 25.7 Å². The van der Waals surface area contributed by atoms with Crippen LogP contribution in [0.3, 0.4) is 0 Å². The minimum absolute atomic E-state index is 0.102. The van der Waals surface area contributed by atoms with Gasteiger partial charge in [0.05, 0.1) is 26.4 Å². The number of phosphoric acid groups is 2. The van der Waals surface area contributed by atoms with Gasteiger partial charge in [-0.3, -0.25) is 37.3 Å². The normalized spacial score (nSPS) is 14.8. The van der Waals surface area contributed by atoms with Crippen LogP contribution >= 0.6 is 15.6 Å². The van der Waals surface area contributed by atoms with E-state index in [0.717, 1.165) is 108 Å². The Morgan fingerprint density at radius 3 is 0.798 bits per heavy atom. The summed E-state index contributed by atoms with van der Waals surface area (Å²) in [6.45, 7) is 9.46. The highest BCUT2D eigenvalue weighted by atomic mass is 31.2. The summed E-state index contributed by atoms with van der Waals surface area (Å²) < 4.78 is 68.3. The van der Waals surface area contributed by atoms with E-state index in [1.54, 1.807) is 0 Å². The number of esters is 4. The molecule has 0 saturated carbocycles. The molecular weight excluding hydrogens is 1170 g/mol. The van der Waals surface area contributed by atoms with Crippen molar-refractivity contribution in [2.45, 2.75) is 374 Å². The van der Waals surface area contributed by atoms with E-state index >= 15 is 0 Å². The molecule has 0 radical (unpaired) electrons. The highest BCUT2D eigenvalue weighted by Crippen LogP contribution is 2.45. The van der Waals surface area contributed by atoms with Gasteiger partial charge in [0.2, 0.25) is 0 Å². The molecule has 0 aliphatic rings. The van der Waals surface area contributed by atoms with Gasteiger partial charge in [-0.1, -0.05) is 305 Å². The Bertz CT molecular complexity index is 1740. The summed E-state index contributed by atoms with van der Waals surface area (Å²) >= 11 is 0. The summed E-state index contributed by atoms with van der Waals surface area (Å²) in [5.74, 6) is -0.676. The molecule has 0 saturated heterocycles. The zero-order valence-electron chi connectivity index (χ0n) is 57.7. The van der Waals surface area contributed by atoms with Gasteiger partial charge >= 0.3 is 39.5 Å². The second-order valence-electron chi connectivity index (χ2n) is 25.8. The number of ether oxygens (including phenoxy) is 4. The fourth-order valence-electron chi connectivity index (χ4n) is 10.5. The molecule has 0 fully saturated rings. The van der Waals surface area contributed by atoms with Crippen LogP contribution in [0, 0.1) is 11.8 Å². The molecule has 7 atom stereocenters. The lowest BCUT2D eigenvalue weighted by molar-refractivity contribution is -0.161. The van der Waals surface area contributed by atoms with Gasteiger partial charge in [0.25, 0.3) is 0 Å². The minimum atomic E-state index is -4.95. The van der Waals surface area contributed by atoms with Crippen molar-refractivity contribution < 1.29 is 80.2 Å². The first-order chi connectivity index (χ1) is 42.9. The van der Waals surface area contributed by atoms with Crippen molar-refractivity contribution >= 4 is 39.5 Å². The fourth-order valence-corrected chi connectivity index (χ4v) is 12.1. The number of unbranched alkanes of at least 4 members (excludes halogenated alkanes) is 37. The number of hydrogen-bond acceptors (Lipinski definition) is 15. The molecule has 3 N–H and O–H groups in total. The van der Waals surface area contributed by atoms with Crippen LogP contribution in [0.15, 0.2) is 0 Å². The van der Waals surface area contributed by atoms with E-state index in [-0.39, 0.29) is 25.7 Å². The molecule has 19 heteroatoms. The van der Waals surface area contributed by atoms with Crippen molar-refractivity contribution in [3.8, 4) is 0 Å². The van der Waals surface area contributed by atoms with Crippen LogP contribution < -0.4 is 0 Å². The standard InChI is InChI=1S/C70H136O17P2/c1-7-11-13-15-17-19-21-23-24-25-27-29-31-33-42-48-54-69(74)86-65(58-80-67(72)52-46-40-32-30-28-26-22-20-18-16-14-12-8-2)60-84-88(76,77)82-56-64(71)57-83-89(78,79)85-61-66(87-70(75)55-49-43-37-35-39-45-51-63(6)10-4)59-81-68(73)53-47-41-36-34-38-44-50-62(5)9-3/h62-66,71H,7-61H2,1-6H3,(H,76,77)(H,78,79)/t62?,63?,64-,65-,66-/m1/s1. The number of carbonyl (C=O) groups is 4. The summed E-state index contributed by atoms with van der Waals surface area (Å²) in [6.07, 6.45) is 47.2. The predicted octanol–water partition coefficient (Wildman–Crippen LogP) is 20.0. The number of rotatable bonds is 69. The first kappa shape index (κ1) is 87.1. The average Bonchev–Trinajstić information content (AvgIpc) is 3.59. The van der Waals surface area contributed by atoms with Crippen LogP contribution in [0.1, 0.15) is 356 Å². The number of aliphatic hydroxyl groups is 1. The fraction of sp³-hybridized carbons (Fsp3) is 0.943. The Hall–Kier alpha value is -1.94. The zero-order chi connectivity index (χ0) is 65.7. The summed E-state index contributed by atoms with van der Waals surface area (Å²) in [6, 6.07) is 0. The molecule has 0 rings (SSSR count). The first-order valence-corrected chi connectivity index (χ1v) is 39.6. The van der Waals surface area contributed by atoms with E-state index in [9.17, 15) is 43.2 Å². The third-order valence-electron chi connectivity index (χ3n) is 16.9. The SMILES string of the molecule is CCCCCCCCCCCCCCCCCCC(=O)O[C@H](COC(=O)CCCCCCCCCCCCCCC)COP(=O)(O)OC[C@@H](O)COP(=O)(O)OC[C@@H](COC(=O)CCCCCCCCC(C)CC)OC(=O)CCCCCCCCC(C)CC. The Kier molecular flexibility index (Phi) is 60.8. The van der Waals surface area contributed by atoms with Gasteiger partial charge in [0.15, 0.2) is 12.2 Å². The summed E-state index contributed by atoms with van der Waals surface area (Å²) in [5, 5.41) is 10.6. The quantitative estimate of drug-likeness (QED) is 0.0222. The highest BCUT2D eigenvalue weighted by molar-refractivity contribution is 7.47. The molecule has 0 spiro atoms. The molecule has 528 valence electrons. The smallest absolute Gasteiger partial charge is 0.462 e. The molecule has 0 aliphatic carbocycles. The monoisotopic (exact) mass is 1310 g/mol. The molecule has 0 bridgehead atoms. The lowest BCUT2D eigenvalue weighted by atomic mass is 10.00. The van der Waals surface area contributed by atoms with Gasteiger partial charge in [-0.05, 0) is 37.5 Å². The van der Waals surface area contributed by atoms with E-state index in [2.05, 4.69) is 41.5 Å². The van der Waals surface area contributed by atoms with Crippen molar-refractivity contribution in [3.63, 3.8) is 0 Å². The second kappa shape index (κ2) is 62.2. The Balaban J connectivity index is 5.25. The molecule has 0 aromatic rings. The van der Waals surface area contributed by atoms with Crippen molar-refractivity contribution in [1.29, 1.82) is 0 Å². The third kappa shape index (κ3) is 62.0. The zero-order valence-corrected chi connectivity index (χ0v) is 59.5. The maximum atomic E-state index is 13.0. The van der Waals surface area contributed by atoms with Crippen molar-refractivity contribution in [1.82, 2.24) is 0 Å². The second-order valence-corrected chi connectivity index (χ2v) is 28.7.